The van der Waals surface area contributed by atoms with Crippen LogP contribution in [0.15, 0.2) is 21.5 Å². The van der Waals surface area contributed by atoms with Crippen molar-refractivity contribution in [2.75, 3.05) is 0 Å². The Balaban J connectivity index is 2.36. The molecule has 8 heteroatoms. The van der Waals surface area contributed by atoms with E-state index in [1.807, 2.05) is 0 Å². The number of rotatable bonds is 3. The van der Waals surface area contributed by atoms with Gasteiger partial charge in [0.2, 0.25) is 10.0 Å². The molecule has 104 valence electrons. The third-order valence-corrected chi connectivity index (χ3v) is 5.58. The van der Waals surface area contributed by atoms with Crippen LogP contribution in [0.4, 0.5) is 0 Å². The number of nitrogens with one attached hydrogen (secondary N) is 1. The van der Waals surface area contributed by atoms with Crippen molar-refractivity contribution in [3.8, 4) is 0 Å². The minimum Gasteiger partial charge on any atom is -0.349 e. The number of hydrogen-bond acceptors (Lipinski definition) is 3. The van der Waals surface area contributed by atoms with Gasteiger partial charge in [-0.15, -0.1) is 0 Å². The maximum absolute atomic E-state index is 12.0. The predicted molar refractivity (Wildman–Crippen MR) is 75.6 cm³/mol. The highest BCUT2D eigenvalue weighted by molar-refractivity contribution is 9.10. The summed E-state index contributed by atoms with van der Waals surface area (Å²) in [5, 5.41) is 8.03. The van der Waals surface area contributed by atoms with Crippen LogP contribution in [0.1, 0.15) is 29.6 Å². The first-order valence-electron chi connectivity index (χ1n) is 5.62. The van der Waals surface area contributed by atoms with Crippen LogP contribution in [0.3, 0.4) is 0 Å². The molecule has 1 saturated carbocycles. The van der Waals surface area contributed by atoms with Gasteiger partial charge in [0.15, 0.2) is 0 Å². The van der Waals surface area contributed by atoms with Crippen molar-refractivity contribution in [2.45, 2.75) is 30.2 Å². The van der Waals surface area contributed by atoms with Crippen LogP contribution in [0.5, 0.6) is 0 Å². The molecule has 0 spiro atoms. The fraction of sp³-hybridized carbons (Fsp3) is 0.364. The summed E-state index contributed by atoms with van der Waals surface area (Å²) in [6.45, 7) is 0. The quantitative estimate of drug-likeness (QED) is 0.856. The molecule has 5 nitrogen and oxygen atoms in total. The summed E-state index contributed by atoms with van der Waals surface area (Å²) in [5.41, 5.74) is 0.184. The molecule has 1 amide bonds. The van der Waals surface area contributed by atoms with Gasteiger partial charge < -0.3 is 5.32 Å². The largest absolute Gasteiger partial charge is 0.349 e. The average molecular weight is 368 g/mol. The number of amides is 1. The molecule has 0 saturated heterocycles. The molecule has 1 fully saturated rings. The van der Waals surface area contributed by atoms with E-state index < -0.39 is 10.0 Å². The van der Waals surface area contributed by atoms with Crippen molar-refractivity contribution in [2.24, 2.45) is 5.14 Å². The molecule has 3 N–H and O–H groups in total. The van der Waals surface area contributed by atoms with Gasteiger partial charge in [0.05, 0.1) is 14.4 Å². The van der Waals surface area contributed by atoms with Gasteiger partial charge >= 0.3 is 0 Å². The smallest absolute Gasteiger partial charge is 0.251 e. The molecule has 2 rings (SSSR count). The molecule has 0 heterocycles. The Hall–Kier alpha value is -0.630. The summed E-state index contributed by atoms with van der Waals surface area (Å²) >= 11 is 8.96. The lowest BCUT2D eigenvalue weighted by atomic mass is 9.93. The molecule has 0 aromatic heterocycles. The van der Waals surface area contributed by atoms with E-state index in [1.54, 1.807) is 0 Å². The lowest BCUT2D eigenvalue weighted by Crippen LogP contribution is -2.39. The van der Waals surface area contributed by atoms with Crippen LogP contribution in [0, 0.1) is 0 Å². The first kappa shape index (κ1) is 14.8. The van der Waals surface area contributed by atoms with Gasteiger partial charge in [-0.05, 0) is 47.3 Å². The van der Waals surface area contributed by atoms with Gasteiger partial charge in [-0.2, -0.15) is 0 Å². The van der Waals surface area contributed by atoms with Crippen molar-refractivity contribution >= 4 is 43.5 Å². The number of carbonyl (C=O) groups is 1. The molecule has 0 bridgehead atoms. The van der Waals surface area contributed by atoms with Gasteiger partial charge in [-0.25, -0.2) is 13.6 Å². The van der Waals surface area contributed by atoms with Gasteiger partial charge in [0.1, 0.15) is 0 Å². The maximum Gasteiger partial charge on any atom is 0.251 e. The zero-order valence-electron chi connectivity index (χ0n) is 9.82. The number of halogens is 2. The number of benzene rings is 1. The van der Waals surface area contributed by atoms with Crippen molar-refractivity contribution < 1.29 is 13.2 Å². The fourth-order valence-electron chi connectivity index (χ4n) is 1.72. The number of hydrogen-bond donors (Lipinski definition) is 2. The molecule has 0 radical (unpaired) electrons. The molecule has 0 atom stereocenters. The fourth-order valence-corrected chi connectivity index (χ4v) is 3.56. The standard InChI is InChI=1S/C11H12BrClN2O3S/c12-10-8(13)4-6(5-9(10)19(14,17)18)11(16)15-7-2-1-3-7/h4-5,7H,1-3H2,(H,15,16)(H2,14,17,18). The van der Waals surface area contributed by atoms with E-state index in [4.69, 9.17) is 16.7 Å². The molecule has 0 aliphatic heterocycles. The van der Waals surface area contributed by atoms with Crippen molar-refractivity contribution in [1.82, 2.24) is 5.32 Å². The van der Waals surface area contributed by atoms with E-state index in [0.29, 0.717) is 0 Å². The molecule has 1 aliphatic carbocycles. The molecule has 1 aliphatic rings. The van der Waals surface area contributed by atoms with Gasteiger partial charge in [0, 0.05) is 11.6 Å². The Labute approximate surface area is 124 Å². The molecule has 0 unspecified atom stereocenters. The van der Waals surface area contributed by atoms with Gasteiger partial charge in [0.25, 0.3) is 5.91 Å². The van der Waals surface area contributed by atoms with Crippen LogP contribution in [-0.2, 0) is 10.0 Å². The Morgan fingerprint density at radius 2 is 2.05 bits per heavy atom. The van der Waals surface area contributed by atoms with E-state index in [2.05, 4.69) is 21.2 Å². The second-order valence-electron chi connectivity index (χ2n) is 4.42. The molecule has 19 heavy (non-hydrogen) atoms. The number of sulfonamides is 1. The summed E-state index contributed by atoms with van der Waals surface area (Å²) in [4.78, 5) is 11.8. The van der Waals surface area contributed by atoms with Crippen LogP contribution in [-0.4, -0.2) is 20.4 Å². The maximum atomic E-state index is 12.0. The third-order valence-electron chi connectivity index (χ3n) is 3.00. The summed E-state index contributed by atoms with van der Waals surface area (Å²) in [6.07, 6.45) is 2.98. The summed E-state index contributed by atoms with van der Waals surface area (Å²) in [5.74, 6) is -0.344. The second kappa shape index (κ2) is 5.40. The van der Waals surface area contributed by atoms with E-state index >= 15 is 0 Å². The summed E-state index contributed by atoms with van der Waals surface area (Å²) < 4.78 is 23.0. The highest BCUT2D eigenvalue weighted by Crippen LogP contribution is 2.31. The number of nitrogens with two attached hydrogens (primary N) is 1. The molecule has 1 aromatic carbocycles. The highest BCUT2D eigenvalue weighted by atomic mass is 79.9. The topological polar surface area (TPSA) is 89.3 Å². The van der Waals surface area contributed by atoms with Crippen LogP contribution in [0.2, 0.25) is 5.02 Å². The zero-order valence-corrected chi connectivity index (χ0v) is 13.0. The molecular formula is C11H12BrClN2O3S. The lowest BCUT2D eigenvalue weighted by molar-refractivity contribution is 0.0916. The van der Waals surface area contributed by atoms with Crippen LogP contribution >= 0.6 is 27.5 Å². The van der Waals surface area contributed by atoms with Crippen molar-refractivity contribution in [3.05, 3.63) is 27.2 Å². The Bertz CT molecular complexity index is 629. The minimum absolute atomic E-state index is 0.130. The lowest BCUT2D eigenvalue weighted by Gasteiger charge is -2.26. The van der Waals surface area contributed by atoms with Gasteiger partial charge in [-0.1, -0.05) is 11.6 Å². The van der Waals surface area contributed by atoms with E-state index in [9.17, 15) is 13.2 Å². The summed E-state index contributed by atoms with van der Waals surface area (Å²) in [6, 6.07) is 2.79. The van der Waals surface area contributed by atoms with E-state index in [-0.39, 0.29) is 31.9 Å². The SMILES string of the molecule is NS(=O)(=O)c1cc(C(=O)NC2CCC2)cc(Cl)c1Br. The average Bonchev–Trinajstić information content (AvgIpc) is 2.25. The van der Waals surface area contributed by atoms with Crippen LogP contribution < -0.4 is 10.5 Å². The predicted octanol–water partition coefficient (Wildman–Crippen LogP) is 2.03. The first-order valence-corrected chi connectivity index (χ1v) is 8.33. The van der Waals surface area contributed by atoms with Crippen molar-refractivity contribution in [1.29, 1.82) is 0 Å². The normalized spacial score (nSPS) is 15.9. The van der Waals surface area contributed by atoms with Gasteiger partial charge in [-0.3, -0.25) is 4.79 Å². The monoisotopic (exact) mass is 366 g/mol. The molecular weight excluding hydrogens is 356 g/mol. The van der Waals surface area contributed by atoms with Crippen molar-refractivity contribution in [3.63, 3.8) is 0 Å². The number of carbonyl (C=O) groups excluding carboxylic acids is 1. The zero-order chi connectivity index (χ0) is 14.2. The Morgan fingerprint density at radius 3 is 2.53 bits per heavy atom. The Kier molecular flexibility index (Phi) is 4.20. The Morgan fingerprint density at radius 1 is 1.42 bits per heavy atom. The number of primary sulfonamides is 1. The molecule has 1 aromatic rings. The second-order valence-corrected chi connectivity index (χ2v) is 7.15. The first-order chi connectivity index (χ1) is 8.79. The van der Waals surface area contributed by atoms with Crippen LogP contribution in [0.25, 0.3) is 0 Å². The summed E-state index contributed by atoms with van der Waals surface area (Å²) in [7, 11) is -3.94. The third kappa shape index (κ3) is 3.28. The van der Waals surface area contributed by atoms with E-state index in [0.717, 1.165) is 19.3 Å². The highest BCUT2D eigenvalue weighted by Gasteiger charge is 2.23. The van der Waals surface area contributed by atoms with E-state index in [1.165, 1.54) is 12.1 Å². The minimum atomic E-state index is -3.94.